The highest BCUT2D eigenvalue weighted by Gasteiger charge is 2.17. The van der Waals surface area contributed by atoms with Crippen molar-refractivity contribution in [3.8, 4) is 5.75 Å². The number of benzene rings is 2. The van der Waals surface area contributed by atoms with Crippen LogP contribution < -0.4 is 11.1 Å². The number of aromatic hydroxyl groups is 1. The van der Waals surface area contributed by atoms with E-state index in [2.05, 4.69) is 5.32 Å². The number of hydrogen-bond acceptors (Lipinski definition) is 2. The number of nitrogens with two attached hydrogens (primary N) is 1. The predicted octanol–water partition coefficient (Wildman–Crippen LogP) is 2.66. The summed E-state index contributed by atoms with van der Waals surface area (Å²) in [5.41, 5.74) is 5.89. The zero-order valence-corrected chi connectivity index (χ0v) is 10.2. The Bertz CT molecular complexity index is 581. The van der Waals surface area contributed by atoms with Crippen LogP contribution in [0.1, 0.15) is 24.9 Å². The molecular weight excluding hydrogens is 228 g/mol. The molecule has 94 valence electrons. The minimum atomic E-state index is -0.589. The van der Waals surface area contributed by atoms with E-state index in [1.54, 1.807) is 6.07 Å². The topological polar surface area (TPSA) is 75.3 Å². The molecule has 2 amide bonds. The maximum absolute atomic E-state index is 11.0. The summed E-state index contributed by atoms with van der Waals surface area (Å²) in [5, 5.41) is 14.6. The maximum atomic E-state index is 11.0. The van der Waals surface area contributed by atoms with E-state index in [0.29, 0.717) is 6.42 Å². The summed E-state index contributed by atoms with van der Waals surface area (Å²) >= 11 is 0. The first-order chi connectivity index (χ1) is 8.63. The molecule has 18 heavy (non-hydrogen) atoms. The first kappa shape index (κ1) is 12.2. The van der Waals surface area contributed by atoms with Gasteiger partial charge in [-0.25, -0.2) is 4.79 Å². The Balaban J connectivity index is 2.60. The summed E-state index contributed by atoms with van der Waals surface area (Å²) in [6, 6.07) is 10.4. The van der Waals surface area contributed by atoms with Gasteiger partial charge in [0.05, 0.1) is 6.04 Å². The van der Waals surface area contributed by atoms with E-state index in [1.807, 2.05) is 37.3 Å². The number of primary amides is 1. The zero-order chi connectivity index (χ0) is 13.1. The van der Waals surface area contributed by atoms with Gasteiger partial charge in [-0.3, -0.25) is 0 Å². The van der Waals surface area contributed by atoms with Crippen LogP contribution >= 0.6 is 0 Å². The molecule has 0 aliphatic rings. The molecule has 2 aromatic carbocycles. The van der Waals surface area contributed by atoms with Crippen molar-refractivity contribution in [1.29, 1.82) is 0 Å². The highest BCUT2D eigenvalue weighted by molar-refractivity contribution is 5.88. The average Bonchev–Trinajstić information content (AvgIpc) is 2.36. The first-order valence-corrected chi connectivity index (χ1v) is 5.90. The van der Waals surface area contributed by atoms with Gasteiger partial charge in [0.15, 0.2) is 0 Å². The SMILES string of the molecule is CCC(NC(N)=O)c1c(O)ccc2ccccc12. The third-order valence-electron chi connectivity index (χ3n) is 3.02. The van der Waals surface area contributed by atoms with Crippen molar-refractivity contribution in [1.82, 2.24) is 5.32 Å². The molecule has 4 heteroatoms. The number of urea groups is 1. The Labute approximate surface area is 105 Å². The molecule has 0 aliphatic carbocycles. The number of hydrogen-bond donors (Lipinski definition) is 3. The van der Waals surface area contributed by atoms with Crippen molar-refractivity contribution >= 4 is 16.8 Å². The molecular formula is C14H16N2O2. The molecule has 4 N–H and O–H groups in total. The number of phenols is 1. The number of nitrogens with one attached hydrogen (secondary N) is 1. The molecule has 0 radical (unpaired) electrons. The lowest BCUT2D eigenvalue weighted by Crippen LogP contribution is -2.33. The molecule has 1 atom stereocenters. The van der Waals surface area contributed by atoms with Gasteiger partial charge in [-0.05, 0) is 23.3 Å². The van der Waals surface area contributed by atoms with Crippen LogP contribution in [0.25, 0.3) is 10.8 Å². The van der Waals surface area contributed by atoms with Crippen molar-refractivity contribution in [2.75, 3.05) is 0 Å². The number of amides is 2. The van der Waals surface area contributed by atoms with Gasteiger partial charge >= 0.3 is 6.03 Å². The van der Waals surface area contributed by atoms with E-state index >= 15 is 0 Å². The van der Waals surface area contributed by atoms with Gasteiger partial charge in [-0.2, -0.15) is 0 Å². The van der Waals surface area contributed by atoms with Crippen molar-refractivity contribution in [2.24, 2.45) is 5.73 Å². The molecule has 1 unspecified atom stereocenters. The number of rotatable bonds is 3. The van der Waals surface area contributed by atoms with Crippen molar-refractivity contribution in [2.45, 2.75) is 19.4 Å². The summed E-state index contributed by atoms with van der Waals surface area (Å²) < 4.78 is 0. The van der Waals surface area contributed by atoms with Gasteiger partial charge in [0.25, 0.3) is 0 Å². The predicted molar refractivity (Wildman–Crippen MR) is 71.4 cm³/mol. The number of carbonyl (C=O) groups is 1. The molecule has 0 fully saturated rings. The lowest BCUT2D eigenvalue weighted by atomic mass is 9.96. The molecule has 0 spiro atoms. The normalized spacial score (nSPS) is 12.3. The molecule has 0 heterocycles. The first-order valence-electron chi connectivity index (χ1n) is 5.90. The summed E-state index contributed by atoms with van der Waals surface area (Å²) in [6.45, 7) is 1.93. The van der Waals surface area contributed by atoms with Gasteiger partial charge in [-0.1, -0.05) is 37.3 Å². The van der Waals surface area contributed by atoms with Crippen LogP contribution in [0.4, 0.5) is 4.79 Å². The lowest BCUT2D eigenvalue weighted by Gasteiger charge is -2.19. The van der Waals surface area contributed by atoms with Crippen LogP contribution in [0, 0.1) is 0 Å². The second-order valence-electron chi connectivity index (χ2n) is 4.19. The second kappa shape index (κ2) is 4.96. The molecule has 0 saturated heterocycles. The Hall–Kier alpha value is -2.23. The number of carbonyl (C=O) groups excluding carboxylic acids is 1. The highest BCUT2D eigenvalue weighted by atomic mass is 16.3. The fourth-order valence-corrected chi connectivity index (χ4v) is 2.20. The average molecular weight is 244 g/mol. The standard InChI is InChI=1S/C14H16N2O2/c1-2-11(16-14(15)18)13-10-6-4-3-5-9(10)7-8-12(13)17/h3-8,11,17H,2H2,1H3,(H3,15,16,18). The van der Waals surface area contributed by atoms with Crippen molar-refractivity contribution < 1.29 is 9.90 Å². The Kier molecular flexibility index (Phi) is 3.37. The fourth-order valence-electron chi connectivity index (χ4n) is 2.20. The summed E-state index contributed by atoms with van der Waals surface area (Å²) in [6.07, 6.45) is 0.657. The van der Waals surface area contributed by atoms with Crippen LogP contribution in [0.2, 0.25) is 0 Å². The molecule has 4 nitrogen and oxygen atoms in total. The third kappa shape index (κ3) is 2.22. The van der Waals surface area contributed by atoms with E-state index in [-0.39, 0.29) is 11.8 Å². The van der Waals surface area contributed by atoms with Gasteiger partial charge in [0, 0.05) is 5.56 Å². The van der Waals surface area contributed by atoms with Crippen molar-refractivity contribution in [3.05, 3.63) is 42.0 Å². The fraction of sp³-hybridized carbons (Fsp3) is 0.214. The Morgan fingerprint density at radius 1 is 1.33 bits per heavy atom. The van der Waals surface area contributed by atoms with Gasteiger partial charge in [0.2, 0.25) is 0 Å². The van der Waals surface area contributed by atoms with E-state index in [0.717, 1.165) is 16.3 Å². The number of phenolic OH excluding ortho intramolecular Hbond substituents is 1. The largest absolute Gasteiger partial charge is 0.508 e. The minimum absolute atomic E-state index is 0.175. The highest BCUT2D eigenvalue weighted by Crippen LogP contribution is 2.33. The quantitative estimate of drug-likeness (QED) is 0.776. The van der Waals surface area contributed by atoms with E-state index in [1.165, 1.54) is 0 Å². The van der Waals surface area contributed by atoms with Gasteiger partial charge in [-0.15, -0.1) is 0 Å². The molecule has 2 aromatic rings. The molecule has 0 aliphatic heterocycles. The Morgan fingerprint density at radius 2 is 2.06 bits per heavy atom. The zero-order valence-electron chi connectivity index (χ0n) is 10.2. The lowest BCUT2D eigenvalue weighted by molar-refractivity contribution is 0.245. The molecule has 2 rings (SSSR count). The third-order valence-corrected chi connectivity index (χ3v) is 3.02. The van der Waals surface area contributed by atoms with Crippen LogP contribution in [0.3, 0.4) is 0 Å². The van der Waals surface area contributed by atoms with Crippen LogP contribution in [-0.4, -0.2) is 11.1 Å². The van der Waals surface area contributed by atoms with Gasteiger partial charge < -0.3 is 16.2 Å². The maximum Gasteiger partial charge on any atom is 0.312 e. The number of fused-ring (bicyclic) bond motifs is 1. The molecule has 0 saturated carbocycles. The monoisotopic (exact) mass is 244 g/mol. The molecule has 0 bridgehead atoms. The molecule has 0 aromatic heterocycles. The van der Waals surface area contributed by atoms with Crippen molar-refractivity contribution in [3.63, 3.8) is 0 Å². The smallest absolute Gasteiger partial charge is 0.312 e. The second-order valence-corrected chi connectivity index (χ2v) is 4.19. The van der Waals surface area contributed by atoms with E-state index < -0.39 is 6.03 Å². The summed E-state index contributed by atoms with van der Waals surface area (Å²) in [4.78, 5) is 11.0. The van der Waals surface area contributed by atoms with Crippen LogP contribution in [-0.2, 0) is 0 Å². The summed E-state index contributed by atoms with van der Waals surface area (Å²) in [7, 11) is 0. The van der Waals surface area contributed by atoms with Crippen LogP contribution in [0.15, 0.2) is 36.4 Å². The van der Waals surface area contributed by atoms with E-state index in [4.69, 9.17) is 5.73 Å². The summed E-state index contributed by atoms with van der Waals surface area (Å²) in [5.74, 6) is 0.175. The van der Waals surface area contributed by atoms with Gasteiger partial charge in [0.1, 0.15) is 5.75 Å². The van der Waals surface area contributed by atoms with Crippen LogP contribution in [0.5, 0.6) is 5.75 Å². The Morgan fingerprint density at radius 3 is 2.72 bits per heavy atom. The minimum Gasteiger partial charge on any atom is -0.508 e. The van der Waals surface area contributed by atoms with E-state index in [9.17, 15) is 9.90 Å².